The number of nitrogens with one attached hydrogen (secondary N) is 2. The topological polar surface area (TPSA) is 33.3 Å². The number of hydrogen-bond donors (Lipinski definition) is 2. The summed E-state index contributed by atoms with van der Waals surface area (Å²) < 4.78 is 0. The van der Waals surface area contributed by atoms with E-state index in [0.717, 1.165) is 5.75 Å². The van der Waals surface area contributed by atoms with Crippen molar-refractivity contribution in [2.75, 3.05) is 7.05 Å². The molecule has 3 nitrogen and oxygen atoms in total. The smallest absolute Gasteiger partial charge is 0.199 e. The largest absolute Gasteiger partial charge is 0.380 e. The van der Waals surface area contributed by atoms with E-state index in [9.17, 15) is 0 Å². The molecule has 0 spiro atoms. The van der Waals surface area contributed by atoms with E-state index in [1.54, 1.807) is 7.05 Å². The van der Waals surface area contributed by atoms with Crippen molar-refractivity contribution in [2.45, 2.75) is 0 Å². The van der Waals surface area contributed by atoms with Crippen LogP contribution in [0.3, 0.4) is 0 Å². The van der Waals surface area contributed by atoms with Crippen LogP contribution in [0.1, 0.15) is 0 Å². The summed E-state index contributed by atoms with van der Waals surface area (Å²) in [6.45, 7) is 0. The van der Waals surface area contributed by atoms with Gasteiger partial charge in [0.05, 0.1) is 0 Å². The second-order valence-corrected chi connectivity index (χ2v) is 2.50. The van der Waals surface area contributed by atoms with Crippen LogP contribution in [0.4, 0.5) is 0 Å². The van der Waals surface area contributed by atoms with E-state index in [-0.39, 0.29) is 0 Å². The maximum Gasteiger partial charge on any atom is 0.199 e. The van der Waals surface area contributed by atoms with Crippen LogP contribution < -0.4 is 15.6 Å². The fourth-order valence-electron chi connectivity index (χ4n) is 0.645. The molecule has 0 aliphatic carbocycles. The molecule has 0 aromatic heterocycles. The molecular weight excluding hydrogens is 172 g/mol. The standard InChI is InChI=1S/C8H10N2OS/c1-9-8(12)10-11-7-5-3-2-4-6-7/h2-6H,1H3,(H2,9,10,12). The molecule has 0 unspecified atom stereocenters. The van der Waals surface area contributed by atoms with Crippen molar-refractivity contribution in [3.8, 4) is 5.75 Å². The van der Waals surface area contributed by atoms with Crippen LogP contribution in [-0.4, -0.2) is 12.2 Å². The van der Waals surface area contributed by atoms with Crippen LogP contribution >= 0.6 is 12.2 Å². The van der Waals surface area contributed by atoms with Gasteiger partial charge in [0.15, 0.2) is 10.9 Å². The predicted molar refractivity (Wildman–Crippen MR) is 51.9 cm³/mol. The zero-order valence-corrected chi connectivity index (χ0v) is 7.52. The van der Waals surface area contributed by atoms with Gasteiger partial charge in [-0.25, -0.2) is 0 Å². The lowest BCUT2D eigenvalue weighted by molar-refractivity contribution is 0.261. The molecule has 1 aromatic rings. The summed E-state index contributed by atoms with van der Waals surface area (Å²) >= 11 is 4.81. The molecule has 4 heteroatoms. The number of hydroxylamine groups is 1. The first-order chi connectivity index (χ1) is 5.83. The van der Waals surface area contributed by atoms with Gasteiger partial charge in [0, 0.05) is 7.05 Å². The van der Waals surface area contributed by atoms with E-state index in [2.05, 4.69) is 10.8 Å². The molecular formula is C8H10N2OS. The average molecular weight is 182 g/mol. The highest BCUT2D eigenvalue weighted by molar-refractivity contribution is 7.80. The molecule has 0 aliphatic heterocycles. The van der Waals surface area contributed by atoms with E-state index in [1.165, 1.54) is 0 Å². The molecule has 0 aliphatic rings. The van der Waals surface area contributed by atoms with Crippen molar-refractivity contribution in [1.82, 2.24) is 10.8 Å². The van der Waals surface area contributed by atoms with E-state index in [4.69, 9.17) is 17.1 Å². The summed E-state index contributed by atoms with van der Waals surface area (Å²) in [5.41, 5.74) is 2.57. The predicted octanol–water partition coefficient (Wildman–Crippen LogP) is 1.07. The van der Waals surface area contributed by atoms with Gasteiger partial charge in [-0.05, 0) is 24.4 Å². The van der Waals surface area contributed by atoms with E-state index in [0.29, 0.717) is 5.11 Å². The quantitative estimate of drug-likeness (QED) is 0.529. The van der Waals surface area contributed by atoms with Gasteiger partial charge in [0.1, 0.15) is 0 Å². The summed E-state index contributed by atoms with van der Waals surface area (Å²) in [5.74, 6) is 0.732. The van der Waals surface area contributed by atoms with Gasteiger partial charge in [-0.1, -0.05) is 18.2 Å². The van der Waals surface area contributed by atoms with Crippen molar-refractivity contribution in [2.24, 2.45) is 0 Å². The van der Waals surface area contributed by atoms with Gasteiger partial charge in [-0.15, -0.1) is 0 Å². The third-order valence-corrected chi connectivity index (χ3v) is 1.52. The maximum atomic E-state index is 5.10. The Kier molecular flexibility index (Phi) is 3.35. The maximum absolute atomic E-state index is 5.10. The third-order valence-electron chi connectivity index (χ3n) is 1.23. The van der Waals surface area contributed by atoms with Crippen LogP contribution in [0.5, 0.6) is 5.75 Å². The minimum atomic E-state index is 0.457. The Bertz CT molecular complexity index is 250. The van der Waals surface area contributed by atoms with E-state index in [1.807, 2.05) is 30.3 Å². The first kappa shape index (κ1) is 8.80. The zero-order chi connectivity index (χ0) is 8.81. The number of thiocarbonyl (C=S) groups is 1. The van der Waals surface area contributed by atoms with Gasteiger partial charge < -0.3 is 10.2 Å². The van der Waals surface area contributed by atoms with Gasteiger partial charge in [-0.2, -0.15) is 5.48 Å². The molecule has 0 bridgehead atoms. The first-order valence-electron chi connectivity index (χ1n) is 3.52. The number of rotatable bonds is 2. The van der Waals surface area contributed by atoms with Crippen molar-refractivity contribution in [3.05, 3.63) is 30.3 Å². The molecule has 0 fully saturated rings. The van der Waals surface area contributed by atoms with Crippen LogP contribution in [0.25, 0.3) is 0 Å². The lowest BCUT2D eigenvalue weighted by Crippen LogP contribution is -2.34. The Hall–Kier alpha value is -1.29. The summed E-state index contributed by atoms with van der Waals surface area (Å²) in [6.07, 6.45) is 0. The summed E-state index contributed by atoms with van der Waals surface area (Å²) in [5, 5.41) is 3.19. The Morgan fingerprint density at radius 2 is 2.00 bits per heavy atom. The monoisotopic (exact) mass is 182 g/mol. The van der Waals surface area contributed by atoms with Crippen molar-refractivity contribution in [3.63, 3.8) is 0 Å². The van der Waals surface area contributed by atoms with Crippen molar-refractivity contribution < 1.29 is 4.84 Å². The lowest BCUT2D eigenvalue weighted by atomic mass is 10.3. The SMILES string of the molecule is CNC(=S)NOc1ccccc1. The summed E-state index contributed by atoms with van der Waals surface area (Å²) in [4.78, 5) is 5.10. The number of para-hydroxylation sites is 1. The molecule has 0 saturated heterocycles. The van der Waals surface area contributed by atoms with Crippen LogP contribution in [0.15, 0.2) is 30.3 Å². The molecule has 0 saturated carbocycles. The molecule has 12 heavy (non-hydrogen) atoms. The van der Waals surface area contributed by atoms with Crippen LogP contribution in [0, 0.1) is 0 Å². The minimum Gasteiger partial charge on any atom is -0.380 e. The van der Waals surface area contributed by atoms with E-state index >= 15 is 0 Å². The average Bonchev–Trinajstić information content (AvgIpc) is 2.16. The van der Waals surface area contributed by atoms with Crippen molar-refractivity contribution >= 4 is 17.3 Å². The third kappa shape index (κ3) is 2.75. The first-order valence-corrected chi connectivity index (χ1v) is 3.93. The Morgan fingerprint density at radius 1 is 1.33 bits per heavy atom. The van der Waals surface area contributed by atoms with E-state index < -0.39 is 0 Å². The molecule has 2 N–H and O–H groups in total. The molecule has 1 rings (SSSR count). The van der Waals surface area contributed by atoms with Crippen molar-refractivity contribution in [1.29, 1.82) is 0 Å². The second-order valence-electron chi connectivity index (χ2n) is 2.10. The summed E-state index contributed by atoms with van der Waals surface area (Å²) in [7, 11) is 1.73. The second kappa shape index (κ2) is 4.56. The molecule has 0 radical (unpaired) electrons. The molecule has 1 aromatic carbocycles. The fraction of sp³-hybridized carbons (Fsp3) is 0.125. The van der Waals surface area contributed by atoms with Crippen LogP contribution in [0.2, 0.25) is 0 Å². The molecule has 0 atom stereocenters. The highest BCUT2D eigenvalue weighted by Gasteiger charge is 1.91. The normalized spacial score (nSPS) is 8.75. The molecule has 64 valence electrons. The highest BCUT2D eigenvalue weighted by atomic mass is 32.1. The Labute approximate surface area is 76.7 Å². The summed E-state index contributed by atoms with van der Waals surface area (Å²) in [6, 6.07) is 9.37. The van der Waals surface area contributed by atoms with Crippen LogP contribution in [-0.2, 0) is 0 Å². The fourth-order valence-corrected chi connectivity index (χ4v) is 0.687. The molecule has 0 amide bonds. The van der Waals surface area contributed by atoms with Gasteiger partial charge in [0.25, 0.3) is 0 Å². The lowest BCUT2D eigenvalue weighted by Gasteiger charge is -2.07. The Balaban J connectivity index is 2.38. The zero-order valence-electron chi connectivity index (χ0n) is 6.70. The minimum absolute atomic E-state index is 0.457. The van der Waals surface area contributed by atoms with Gasteiger partial charge in [-0.3, -0.25) is 0 Å². The van der Waals surface area contributed by atoms with Gasteiger partial charge >= 0.3 is 0 Å². The van der Waals surface area contributed by atoms with Gasteiger partial charge in [0.2, 0.25) is 0 Å². The number of benzene rings is 1. The molecule has 0 heterocycles. The number of hydrogen-bond acceptors (Lipinski definition) is 2. The highest BCUT2D eigenvalue weighted by Crippen LogP contribution is 2.05. The Morgan fingerprint density at radius 3 is 2.58 bits per heavy atom.